The molecule has 0 saturated carbocycles. The van der Waals surface area contributed by atoms with Crippen molar-refractivity contribution in [3.05, 3.63) is 108 Å². The molecule has 6 N–H and O–H groups in total. The average Bonchev–Trinajstić information content (AvgIpc) is 4.00. The van der Waals surface area contributed by atoms with Gasteiger partial charge in [-0.2, -0.15) is 0 Å². The quantitative estimate of drug-likeness (QED) is 0.0584. The summed E-state index contributed by atoms with van der Waals surface area (Å²) in [6.45, 7) is 2.80. The number of benzene rings is 4. The number of carbonyl (C=O) groups excluding carboxylic acids is 7. The maximum atomic E-state index is 14.3. The lowest BCUT2D eigenvalue weighted by Crippen LogP contribution is -2.48. The molecule has 0 unspecified atom stereocenters. The number of piperazine rings is 1. The molecule has 4 aromatic carbocycles. The molecule has 0 radical (unpaired) electrons. The second-order valence-electron chi connectivity index (χ2n) is 16.3. The number of fused-ring (bicyclic) bond motifs is 4. The van der Waals surface area contributed by atoms with Crippen LogP contribution >= 0.6 is 11.6 Å². The Labute approximate surface area is 378 Å². The number of nitrogens with two attached hydrogens (primary N) is 1. The first-order valence-electron chi connectivity index (χ1n) is 21.4. The molecule has 3 aliphatic heterocycles. The Morgan fingerprint density at radius 1 is 0.862 bits per heavy atom. The number of halogens is 1. The third-order valence-electron chi connectivity index (χ3n) is 11.8. The van der Waals surface area contributed by atoms with Gasteiger partial charge in [-0.25, -0.2) is 4.79 Å². The van der Waals surface area contributed by atoms with Crippen molar-refractivity contribution in [3.8, 4) is 5.75 Å². The first kappa shape index (κ1) is 44.5. The van der Waals surface area contributed by atoms with Gasteiger partial charge in [0.2, 0.25) is 11.8 Å². The van der Waals surface area contributed by atoms with E-state index in [4.69, 9.17) is 22.1 Å². The van der Waals surface area contributed by atoms with Crippen LogP contribution in [0.1, 0.15) is 51.6 Å². The number of hydrogen-bond acceptors (Lipinski definition) is 10. The summed E-state index contributed by atoms with van der Waals surface area (Å²) in [5.41, 5.74) is 9.31. The van der Waals surface area contributed by atoms with Crippen molar-refractivity contribution >= 4 is 91.9 Å². The summed E-state index contributed by atoms with van der Waals surface area (Å²) in [6, 6.07) is 21.6. The van der Waals surface area contributed by atoms with Crippen LogP contribution in [0.5, 0.6) is 5.75 Å². The van der Waals surface area contributed by atoms with E-state index in [0.29, 0.717) is 84.0 Å². The highest BCUT2D eigenvalue weighted by Gasteiger charge is 2.36. The van der Waals surface area contributed by atoms with Crippen molar-refractivity contribution in [2.75, 3.05) is 74.3 Å². The van der Waals surface area contributed by atoms with Gasteiger partial charge in [0.15, 0.2) is 0 Å². The highest BCUT2D eigenvalue weighted by Crippen LogP contribution is 2.46. The van der Waals surface area contributed by atoms with Crippen molar-refractivity contribution in [2.45, 2.75) is 31.2 Å². The number of ether oxygens (including phenoxy) is 1. The minimum absolute atomic E-state index is 0.166. The average molecular weight is 902 g/mol. The minimum Gasteiger partial charge on any atom is -0.409 e. The maximum absolute atomic E-state index is 14.3. The smallest absolute Gasteiger partial charge is 0.409 e. The van der Waals surface area contributed by atoms with Crippen LogP contribution in [0.4, 0.5) is 21.9 Å². The number of aromatic amines is 1. The molecule has 1 saturated heterocycles. The lowest BCUT2D eigenvalue weighted by atomic mass is 9.95. The summed E-state index contributed by atoms with van der Waals surface area (Å²) in [5, 5.41) is 10.6. The molecule has 336 valence electrons. The van der Waals surface area contributed by atoms with E-state index in [1.54, 1.807) is 64.4 Å². The number of anilines is 3. The van der Waals surface area contributed by atoms with E-state index < -0.39 is 48.2 Å². The van der Waals surface area contributed by atoms with Crippen molar-refractivity contribution in [2.24, 2.45) is 5.73 Å². The number of carbonyl (C=O) groups is 7. The van der Waals surface area contributed by atoms with E-state index >= 15 is 0 Å². The number of aromatic nitrogens is 1. The molecule has 17 nitrogen and oxygen atoms in total. The van der Waals surface area contributed by atoms with Crippen molar-refractivity contribution < 1.29 is 38.3 Å². The van der Waals surface area contributed by atoms with Gasteiger partial charge in [0.1, 0.15) is 24.0 Å². The minimum atomic E-state index is -0.970. The van der Waals surface area contributed by atoms with Gasteiger partial charge in [-0.05, 0) is 92.3 Å². The Morgan fingerprint density at radius 3 is 2.28 bits per heavy atom. The Morgan fingerprint density at radius 2 is 1.57 bits per heavy atom. The van der Waals surface area contributed by atoms with Crippen LogP contribution in [0.3, 0.4) is 0 Å². The Bertz CT molecular complexity index is 2710. The SMILES string of the molecule is CN1CCN(C(=O)Oc2cc3c(c4ccccc24)[C@H](CCl)CN3C(=O)c2cc3cc(NC(=O)c4ccc(NC(=O)[C@H](CCCCN)NC(=O)CN5C(=O)C=CC5=O)cc4)ccc3[nH]2)CC1. The number of unbranched alkanes of at least 4 members (excludes halogenated alkanes) is 1. The Kier molecular flexibility index (Phi) is 13.3. The molecule has 65 heavy (non-hydrogen) atoms. The molecular formula is C47H48ClN9O8. The first-order valence-corrected chi connectivity index (χ1v) is 21.9. The lowest BCUT2D eigenvalue weighted by molar-refractivity contribution is -0.141. The van der Waals surface area contributed by atoms with E-state index in [9.17, 15) is 33.6 Å². The van der Waals surface area contributed by atoms with E-state index in [1.165, 1.54) is 0 Å². The fourth-order valence-corrected chi connectivity index (χ4v) is 8.56. The molecule has 1 aromatic heterocycles. The number of nitrogens with zero attached hydrogens (tertiary/aromatic N) is 4. The number of rotatable bonds is 14. The van der Waals surface area contributed by atoms with Crippen molar-refractivity contribution in [1.29, 1.82) is 0 Å². The normalized spacial score (nSPS) is 16.5. The molecule has 5 aromatic rings. The third-order valence-corrected chi connectivity index (χ3v) is 12.2. The zero-order chi connectivity index (χ0) is 45.8. The highest BCUT2D eigenvalue weighted by molar-refractivity contribution is 6.19. The molecule has 0 bridgehead atoms. The standard InChI is InChI=1S/C47H48ClN9O8/c1-54-18-20-55(21-19-54)47(64)65-39-24-38-43(34-7-3-2-6-33(34)39)30(25-48)26-56(38)46(63)37-23-29-22-32(13-14-35(29)52-37)51-44(61)28-9-11-31(12-10-28)50-45(62)36(8-4-5-17-49)53-40(58)27-57-41(59)15-16-42(57)60/h2-3,6-7,9-16,22-24,30,36,52H,4-5,8,17-21,25-27,49H2,1H3,(H,50,62)(H,51,61)(H,53,58)/t30-,36+/m1/s1. The summed E-state index contributed by atoms with van der Waals surface area (Å²) in [4.78, 5) is 100. The van der Waals surface area contributed by atoms with Gasteiger partial charge in [-0.3, -0.25) is 33.7 Å². The molecule has 8 rings (SSSR count). The molecule has 1 fully saturated rings. The van der Waals surface area contributed by atoms with Crippen LogP contribution in [0.25, 0.3) is 21.7 Å². The van der Waals surface area contributed by atoms with Gasteiger partial charge >= 0.3 is 6.09 Å². The van der Waals surface area contributed by atoms with Gasteiger partial charge < -0.3 is 46.1 Å². The maximum Gasteiger partial charge on any atom is 0.415 e. The van der Waals surface area contributed by atoms with Crippen LogP contribution in [0.2, 0.25) is 0 Å². The fraction of sp³-hybridized carbons (Fsp3) is 0.298. The van der Waals surface area contributed by atoms with Crippen LogP contribution in [0, 0.1) is 0 Å². The topological polar surface area (TPSA) is 220 Å². The van der Waals surface area contributed by atoms with E-state index in [1.807, 2.05) is 31.3 Å². The fourth-order valence-electron chi connectivity index (χ4n) is 8.30. The van der Waals surface area contributed by atoms with E-state index in [0.717, 1.165) is 46.5 Å². The molecule has 4 heterocycles. The number of likely N-dealkylation sites (N-methyl/N-ethyl adjacent to an activating group) is 1. The number of imide groups is 1. The Hall–Kier alpha value is -7.08. The lowest BCUT2D eigenvalue weighted by Gasteiger charge is -2.31. The monoisotopic (exact) mass is 901 g/mol. The molecule has 3 aliphatic rings. The van der Waals surface area contributed by atoms with Crippen molar-refractivity contribution in [1.82, 2.24) is 25.0 Å². The van der Waals surface area contributed by atoms with E-state index in [-0.39, 0.29) is 24.1 Å². The zero-order valence-corrected chi connectivity index (χ0v) is 36.4. The predicted octanol–water partition coefficient (Wildman–Crippen LogP) is 4.78. The van der Waals surface area contributed by atoms with Gasteiger partial charge in [0, 0.05) is 96.0 Å². The van der Waals surface area contributed by atoms with Gasteiger partial charge in [-0.15, -0.1) is 11.6 Å². The molecular weight excluding hydrogens is 854 g/mol. The van der Waals surface area contributed by atoms with E-state index in [2.05, 4.69) is 25.8 Å². The first-order chi connectivity index (χ1) is 31.4. The number of hydrogen-bond donors (Lipinski definition) is 5. The molecule has 7 amide bonds. The van der Waals surface area contributed by atoms with Crippen LogP contribution < -0.4 is 31.3 Å². The Balaban J connectivity index is 0.933. The predicted molar refractivity (Wildman–Crippen MR) is 246 cm³/mol. The van der Waals surface area contributed by atoms with Gasteiger partial charge in [-0.1, -0.05) is 24.3 Å². The van der Waals surface area contributed by atoms with Gasteiger partial charge in [0.05, 0.1) is 5.69 Å². The summed E-state index contributed by atoms with van der Waals surface area (Å²) >= 11 is 6.53. The summed E-state index contributed by atoms with van der Waals surface area (Å²) < 4.78 is 6.04. The van der Waals surface area contributed by atoms with Crippen LogP contribution in [-0.4, -0.2) is 126 Å². The highest BCUT2D eigenvalue weighted by atomic mass is 35.5. The number of nitrogens with one attached hydrogen (secondary N) is 4. The zero-order valence-electron chi connectivity index (χ0n) is 35.6. The molecule has 18 heteroatoms. The summed E-state index contributed by atoms with van der Waals surface area (Å²) in [6.07, 6.45) is 3.14. The van der Waals surface area contributed by atoms with Crippen LogP contribution in [-0.2, 0) is 19.2 Å². The van der Waals surface area contributed by atoms with Gasteiger partial charge in [0.25, 0.3) is 23.6 Å². The second-order valence-corrected chi connectivity index (χ2v) is 16.6. The number of H-pyrrole nitrogens is 1. The summed E-state index contributed by atoms with van der Waals surface area (Å²) in [7, 11) is 2.01. The number of alkyl halides is 1. The molecule has 0 spiro atoms. The van der Waals surface area contributed by atoms with Crippen LogP contribution in [0.15, 0.2) is 91.0 Å². The molecule has 0 aliphatic carbocycles. The largest absolute Gasteiger partial charge is 0.415 e. The van der Waals surface area contributed by atoms with Crippen molar-refractivity contribution in [3.63, 3.8) is 0 Å². The third kappa shape index (κ3) is 9.72. The molecule has 2 atom stereocenters. The number of amides is 7. The second kappa shape index (κ2) is 19.3. The summed E-state index contributed by atoms with van der Waals surface area (Å²) in [5.74, 6) is -2.64.